The van der Waals surface area contributed by atoms with Gasteiger partial charge in [0.05, 0.1) is 17.6 Å². The van der Waals surface area contributed by atoms with E-state index < -0.39 is 21.7 Å². The van der Waals surface area contributed by atoms with Crippen molar-refractivity contribution in [1.82, 2.24) is 15.5 Å². The van der Waals surface area contributed by atoms with Crippen molar-refractivity contribution in [3.63, 3.8) is 0 Å². The molecule has 0 aliphatic carbocycles. The molecule has 0 saturated heterocycles. The number of aromatic amines is 1. The number of methoxy groups -OCH3 is 1. The van der Waals surface area contributed by atoms with E-state index >= 15 is 0 Å². The van der Waals surface area contributed by atoms with Crippen LogP contribution in [0, 0.1) is 0 Å². The summed E-state index contributed by atoms with van der Waals surface area (Å²) in [4.78, 5) is 24.3. The maximum absolute atomic E-state index is 12.6. The van der Waals surface area contributed by atoms with Crippen LogP contribution in [-0.2, 0) is 27.5 Å². The van der Waals surface area contributed by atoms with Gasteiger partial charge in [-0.3, -0.25) is 9.89 Å². The number of nitrogens with zero attached hydrogens (tertiary/aromatic N) is 1. The number of rotatable bonds is 4. The Balaban J connectivity index is 1.95. The molecular weight excluding hydrogens is 360 g/mol. The fraction of sp³-hybridized carbons (Fsp3) is 0.312. The van der Waals surface area contributed by atoms with E-state index in [1.165, 1.54) is 25.3 Å². The second kappa shape index (κ2) is 6.89. The SMILES string of the molecule is COC(=O)c1cc(NC(=O)c2n[nH]c3c2CNCC3)cc(S(C)(=O)=O)c1. The molecule has 0 unspecified atom stereocenters. The summed E-state index contributed by atoms with van der Waals surface area (Å²) >= 11 is 0. The number of hydrogen-bond acceptors (Lipinski definition) is 7. The fourth-order valence-corrected chi connectivity index (χ4v) is 3.41. The highest BCUT2D eigenvalue weighted by atomic mass is 32.2. The molecule has 1 aromatic carbocycles. The predicted octanol–water partition coefficient (Wildman–Crippen LogP) is 0.498. The molecule has 0 bridgehead atoms. The Morgan fingerprint density at radius 3 is 2.73 bits per heavy atom. The number of hydrogen-bond donors (Lipinski definition) is 3. The zero-order valence-electron chi connectivity index (χ0n) is 14.3. The lowest BCUT2D eigenvalue weighted by Gasteiger charge is -2.13. The van der Waals surface area contributed by atoms with E-state index in [0.717, 1.165) is 30.5 Å². The highest BCUT2D eigenvalue weighted by molar-refractivity contribution is 7.90. The number of benzene rings is 1. The van der Waals surface area contributed by atoms with E-state index in [-0.39, 0.29) is 21.8 Å². The Morgan fingerprint density at radius 1 is 1.27 bits per heavy atom. The Labute approximate surface area is 150 Å². The lowest BCUT2D eigenvalue weighted by Crippen LogP contribution is -2.25. The van der Waals surface area contributed by atoms with Crippen LogP contribution in [0.5, 0.6) is 0 Å². The Morgan fingerprint density at radius 2 is 2.04 bits per heavy atom. The number of amides is 1. The van der Waals surface area contributed by atoms with E-state index in [0.29, 0.717) is 6.54 Å². The van der Waals surface area contributed by atoms with Crippen LogP contribution in [0.2, 0.25) is 0 Å². The molecule has 0 spiro atoms. The molecule has 3 N–H and O–H groups in total. The van der Waals surface area contributed by atoms with Crippen molar-refractivity contribution in [2.45, 2.75) is 17.9 Å². The molecule has 138 valence electrons. The van der Waals surface area contributed by atoms with E-state index in [1.807, 2.05) is 0 Å². The molecular formula is C16H18N4O5S. The van der Waals surface area contributed by atoms with Crippen LogP contribution in [0.1, 0.15) is 32.1 Å². The van der Waals surface area contributed by atoms with Gasteiger partial charge in [0.2, 0.25) is 0 Å². The van der Waals surface area contributed by atoms with E-state index in [4.69, 9.17) is 0 Å². The number of nitrogens with one attached hydrogen (secondary N) is 3. The molecule has 1 aliphatic rings. The molecule has 0 saturated carbocycles. The smallest absolute Gasteiger partial charge is 0.337 e. The van der Waals surface area contributed by atoms with Crippen molar-refractivity contribution in [3.05, 3.63) is 40.7 Å². The summed E-state index contributed by atoms with van der Waals surface area (Å²) in [5.41, 5.74) is 2.10. The van der Waals surface area contributed by atoms with Gasteiger partial charge in [-0.25, -0.2) is 13.2 Å². The molecule has 0 atom stereocenters. The van der Waals surface area contributed by atoms with Crippen molar-refractivity contribution in [2.24, 2.45) is 0 Å². The van der Waals surface area contributed by atoms with Gasteiger partial charge >= 0.3 is 5.97 Å². The highest BCUT2D eigenvalue weighted by Gasteiger charge is 2.22. The van der Waals surface area contributed by atoms with Gasteiger partial charge in [0, 0.05) is 42.7 Å². The quantitative estimate of drug-likeness (QED) is 0.660. The van der Waals surface area contributed by atoms with Crippen LogP contribution in [0.4, 0.5) is 5.69 Å². The number of sulfone groups is 1. The predicted molar refractivity (Wildman–Crippen MR) is 92.8 cm³/mol. The van der Waals surface area contributed by atoms with Crippen LogP contribution in [0.25, 0.3) is 0 Å². The Hall–Kier alpha value is -2.72. The van der Waals surface area contributed by atoms with Gasteiger partial charge in [-0.2, -0.15) is 5.10 Å². The molecule has 9 nitrogen and oxygen atoms in total. The van der Waals surface area contributed by atoms with Gasteiger partial charge in [0.1, 0.15) is 0 Å². The number of carbonyl (C=O) groups excluding carboxylic acids is 2. The zero-order valence-corrected chi connectivity index (χ0v) is 15.1. The summed E-state index contributed by atoms with van der Waals surface area (Å²) < 4.78 is 28.4. The molecule has 2 heterocycles. The van der Waals surface area contributed by atoms with Gasteiger partial charge in [-0.05, 0) is 18.2 Å². The minimum atomic E-state index is -3.58. The van der Waals surface area contributed by atoms with Crippen molar-refractivity contribution in [3.8, 4) is 0 Å². The molecule has 1 aromatic heterocycles. The van der Waals surface area contributed by atoms with Crippen molar-refractivity contribution < 1.29 is 22.7 Å². The maximum atomic E-state index is 12.6. The molecule has 0 radical (unpaired) electrons. The molecule has 1 aliphatic heterocycles. The number of fused-ring (bicyclic) bond motifs is 1. The van der Waals surface area contributed by atoms with Crippen molar-refractivity contribution in [1.29, 1.82) is 0 Å². The first-order valence-corrected chi connectivity index (χ1v) is 9.70. The fourth-order valence-electron chi connectivity index (χ4n) is 2.72. The number of anilines is 1. The maximum Gasteiger partial charge on any atom is 0.337 e. The summed E-state index contributed by atoms with van der Waals surface area (Å²) in [6, 6.07) is 3.85. The topological polar surface area (TPSA) is 130 Å². The number of esters is 1. The average molecular weight is 378 g/mol. The summed E-state index contributed by atoms with van der Waals surface area (Å²) in [5, 5.41) is 12.7. The molecule has 3 rings (SSSR count). The summed E-state index contributed by atoms with van der Waals surface area (Å²) in [7, 11) is -2.39. The Bertz CT molecular complexity index is 981. The third kappa shape index (κ3) is 3.60. The highest BCUT2D eigenvalue weighted by Crippen LogP contribution is 2.22. The first-order valence-electron chi connectivity index (χ1n) is 7.81. The van der Waals surface area contributed by atoms with Gasteiger partial charge in [-0.1, -0.05) is 0 Å². The van der Waals surface area contributed by atoms with E-state index in [9.17, 15) is 18.0 Å². The van der Waals surface area contributed by atoms with Crippen LogP contribution >= 0.6 is 0 Å². The third-order valence-electron chi connectivity index (χ3n) is 4.04. The largest absolute Gasteiger partial charge is 0.465 e. The van der Waals surface area contributed by atoms with Gasteiger partial charge < -0.3 is 15.4 Å². The lowest BCUT2D eigenvalue weighted by molar-refractivity contribution is 0.0600. The normalized spacial score (nSPS) is 13.8. The first kappa shape index (κ1) is 18.1. The first-order chi connectivity index (χ1) is 12.3. The average Bonchev–Trinajstić information content (AvgIpc) is 3.04. The number of carbonyl (C=O) groups is 2. The molecule has 1 amide bonds. The summed E-state index contributed by atoms with van der Waals surface area (Å²) in [6.07, 6.45) is 1.76. The second-order valence-electron chi connectivity index (χ2n) is 5.92. The number of ether oxygens (including phenoxy) is 1. The van der Waals surface area contributed by atoms with E-state index in [2.05, 4.69) is 25.6 Å². The van der Waals surface area contributed by atoms with Crippen LogP contribution in [0.3, 0.4) is 0 Å². The van der Waals surface area contributed by atoms with Crippen molar-refractivity contribution in [2.75, 3.05) is 25.2 Å². The number of H-pyrrole nitrogens is 1. The summed E-state index contributed by atoms with van der Waals surface area (Å²) in [5.74, 6) is -1.19. The molecule has 10 heteroatoms. The zero-order chi connectivity index (χ0) is 18.9. The molecule has 0 fully saturated rings. The van der Waals surface area contributed by atoms with Gasteiger partial charge in [0.25, 0.3) is 5.91 Å². The van der Waals surface area contributed by atoms with Crippen LogP contribution < -0.4 is 10.6 Å². The summed E-state index contributed by atoms with van der Waals surface area (Å²) in [6.45, 7) is 1.32. The van der Waals surface area contributed by atoms with Gasteiger partial charge in [-0.15, -0.1) is 0 Å². The number of aromatic nitrogens is 2. The third-order valence-corrected chi connectivity index (χ3v) is 5.13. The monoisotopic (exact) mass is 378 g/mol. The van der Waals surface area contributed by atoms with Crippen LogP contribution in [0.15, 0.2) is 23.1 Å². The van der Waals surface area contributed by atoms with Gasteiger partial charge in [0.15, 0.2) is 15.5 Å². The standard InChI is InChI=1S/C16H18N4O5S/c1-25-16(22)9-5-10(7-11(6-9)26(2,23)24)18-15(21)14-12-8-17-4-3-13(12)19-20-14/h5-7,17H,3-4,8H2,1-2H3,(H,18,21)(H,19,20). The minimum Gasteiger partial charge on any atom is -0.465 e. The lowest BCUT2D eigenvalue weighted by atomic mass is 10.1. The van der Waals surface area contributed by atoms with Crippen LogP contribution in [-0.4, -0.2) is 50.4 Å². The van der Waals surface area contributed by atoms with Crippen molar-refractivity contribution >= 4 is 27.4 Å². The molecule has 2 aromatic rings. The van der Waals surface area contributed by atoms with E-state index in [1.54, 1.807) is 0 Å². The molecule has 26 heavy (non-hydrogen) atoms. The second-order valence-corrected chi connectivity index (χ2v) is 7.94. The Kier molecular flexibility index (Phi) is 4.79. The minimum absolute atomic E-state index is 0.0245.